The molecule has 0 saturated carbocycles. The molecule has 0 fully saturated rings. The minimum Gasteiger partial charge on any atom is -0.481 e. The second-order valence-corrected chi connectivity index (χ2v) is 4.65. The third-order valence-corrected chi connectivity index (χ3v) is 3.25. The summed E-state index contributed by atoms with van der Waals surface area (Å²) in [6, 6.07) is 6.77. The molecule has 0 aliphatic heterocycles. The number of nitrogens with zero attached hydrogens (tertiary/aromatic N) is 3. The van der Waals surface area contributed by atoms with Crippen molar-refractivity contribution in [2.24, 2.45) is 0 Å². The van der Waals surface area contributed by atoms with Gasteiger partial charge in [-0.2, -0.15) is 15.1 Å². The molecule has 8 heteroatoms. The Kier molecular flexibility index (Phi) is 3.80. The Morgan fingerprint density at radius 2 is 1.78 bits per heavy atom. The molecular formula is C15H14N4O4. The molecule has 0 aliphatic carbocycles. The first-order valence-electron chi connectivity index (χ1n) is 6.75. The molecule has 0 aliphatic rings. The Balaban J connectivity index is 2.12. The Morgan fingerprint density at radius 3 is 2.43 bits per heavy atom. The van der Waals surface area contributed by atoms with Gasteiger partial charge in [0.25, 0.3) is 5.56 Å². The third-order valence-electron chi connectivity index (χ3n) is 3.25. The fourth-order valence-electron chi connectivity index (χ4n) is 2.14. The zero-order chi connectivity index (χ0) is 16.4. The van der Waals surface area contributed by atoms with Crippen LogP contribution in [0.5, 0.6) is 23.5 Å². The summed E-state index contributed by atoms with van der Waals surface area (Å²) in [5, 5.41) is 7.46. The quantitative estimate of drug-likeness (QED) is 0.784. The van der Waals surface area contributed by atoms with Crippen molar-refractivity contribution in [2.75, 3.05) is 14.2 Å². The number of nitrogens with one attached hydrogen (secondary N) is 1. The molecule has 3 rings (SSSR count). The average molecular weight is 314 g/mol. The SMILES string of the molecule is COc1cc(OC)nc(Oc2cccc3c(C)n[nH]c(=O)c23)n1. The van der Waals surface area contributed by atoms with E-state index in [-0.39, 0.29) is 11.6 Å². The minimum atomic E-state index is -0.351. The van der Waals surface area contributed by atoms with E-state index in [2.05, 4.69) is 20.2 Å². The molecule has 2 heterocycles. The van der Waals surface area contributed by atoms with Crippen LogP contribution in [0.2, 0.25) is 0 Å². The topological polar surface area (TPSA) is 99.2 Å². The average Bonchev–Trinajstić information content (AvgIpc) is 2.58. The van der Waals surface area contributed by atoms with Gasteiger partial charge >= 0.3 is 6.01 Å². The molecule has 0 atom stereocenters. The van der Waals surface area contributed by atoms with Gasteiger partial charge in [0.2, 0.25) is 11.8 Å². The molecule has 0 spiro atoms. The van der Waals surface area contributed by atoms with Gasteiger partial charge in [0.1, 0.15) is 5.75 Å². The maximum absolute atomic E-state index is 12.1. The van der Waals surface area contributed by atoms with E-state index in [0.29, 0.717) is 34.0 Å². The number of rotatable bonds is 4. The lowest BCUT2D eigenvalue weighted by atomic mass is 10.1. The standard InChI is InChI=1S/C15H14N4O4/c1-8-9-5-4-6-10(13(9)14(20)19-18-8)23-15-16-11(21-2)7-12(17-15)22-3/h4-7H,1-3H3,(H,19,20). The van der Waals surface area contributed by atoms with Crippen LogP contribution < -0.4 is 19.8 Å². The number of H-pyrrole nitrogens is 1. The second kappa shape index (κ2) is 5.91. The highest BCUT2D eigenvalue weighted by atomic mass is 16.5. The van der Waals surface area contributed by atoms with Gasteiger partial charge in [-0.25, -0.2) is 5.10 Å². The number of ether oxygens (including phenoxy) is 3. The van der Waals surface area contributed by atoms with Crippen molar-refractivity contribution in [3.63, 3.8) is 0 Å². The number of benzene rings is 1. The van der Waals surface area contributed by atoms with E-state index >= 15 is 0 Å². The highest BCUT2D eigenvalue weighted by molar-refractivity contribution is 5.89. The molecule has 0 radical (unpaired) electrons. The summed E-state index contributed by atoms with van der Waals surface area (Å²) in [6.07, 6.45) is 0. The largest absolute Gasteiger partial charge is 0.481 e. The normalized spacial score (nSPS) is 10.6. The number of aryl methyl sites for hydroxylation is 1. The van der Waals surface area contributed by atoms with Gasteiger partial charge in [-0.1, -0.05) is 12.1 Å². The lowest BCUT2D eigenvalue weighted by Gasteiger charge is -2.09. The Hall–Kier alpha value is -3.16. The van der Waals surface area contributed by atoms with Crippen LogP contribution in [0.3, 0.4) is 0 Å². The van der Waals surface area contributed by atoms with Crippen LogP contribution in [0.15, 0.2) is 29.1 Å². The molecule has 0 saturated heterocycles. The van der Waals surface area contributed by atoms with Crippen LogP contribution in [0.4, 0.5) is 0 Å². The Bertz CT molecular complexity index is 901. The number of hydrogen-bond acceptors (Lipinski definition) is 7. The van der Waals surface area contributed by atoms with Crippen molar-refractivity contribution in [2.45, 2.75) is 6.92 Å². The molecule has 1 N–H and O–H groups in total. The second-order valence-electron chi connectivity index (χ2n) is 4.65. The fourth-order valence-corrected chi connectivity index (χ4v) is 2.14. The van der Waals surface area contributed by atoms with E-state index in [1.165, 1.54) is 20.3 Å². The molecule has 8 nitrogen and oxygen atoms in total. The van der Waals surface area contributed by atoms with E-state index in [4.69, 9.17) is 14.2 Å². The van der Waals surface area contributed by atoms with Gasteiger partial charge in [0.15, 0.2) is 0 Å². The van der Waals surface area contributed by atoms with Crippen molar-refractivity contribution in [1.29, 1.82) is 0 Å². The molecule has 0 unspecified atom stereocenters. The fraction of sp³-hybridized carbons (Fsp3) is 0.200. The molecule has 23 heavy (non-hydrogen) atoms. The molecule has 2 aromatic heterocycles. The number of aromatic nitrogens is 4. The van der Waals surface area contributed by atoms with E-state index in [9.17, 15) is 4.79 Å². The van der Waals surface area contributed by atoms with Crippen LogP contribution in [-0.2, 0) is 0 Å². The molecule has 118 valence electrons. The summed E-state index contributed by atoms with van der Waals surface area (Å²) >= 11 is 0. The van der Waals surface area contributed by atoms with Crippen molar-refractivity contribution >= 4 is 10.8 Å². The van der Waals surface area contributed by atoms with E-state index in [1.54, 1.807) is 25.1 Å². The zero-order valence-electron chi connectivity index (χ0n) is 12.8. The highest BCUT2D eigenvalue weighted by Crippen LogP contribution is 2.28. The molecular weight excluding hydrogens is 300 g/mol. The van der Waals surface area contributed by atoms with Crippen molar-refractivity contribution in [1.82, 2.24) is 20.2 Å². The predicted molar refractivity (Wildman–Crippen MR) is 82.3 cm³/mol. The summed E-state index contributed by atoms with van der Waals surface area (Å²) in [5.74, 6) is 0.905. The zero-order valence-corrected chi connectivity index (χ0v) is 12.8. The van der Waals surface area contributed by atoms with Gasteiger partial charge < -0.3 is 14.2 Å². The number of methoxy groups -OCH3 is 2. The maximum Gasteiger partial charge on any atom is 0.328 e. The smallest absolute Gasteiger partial charge is 0.328 e. The minimum absolute atomic E-state index is 0.0163. The van der Waals surface area contributed by atoms with Gasteiger partial charge in [-0.05, 0) is 13.0 Å². The molecule has 1 aromatic carbocycles. The number of fused-ring (bicyclic) bond motifs is 1. The Morgan fingerprint density at radius 1 is 1.09 bits per heavy atom. The lowest BCUT2D eigenvalue weighted by Crippen LogP contribution is -2.11. The summed E-state index contributed by atoms with van der Waals surface area (Å²) in [7, 11) is 2.95. The van der Waals surface area contributed by atoms with E-state index in [0.717, 1.165) is 0 Å². The van der Waals surface area contributed by atoms with Gasteiger partial charge in [-0.3, -0.25) is 4.79 Å². The summed E-state index contributed by atoms with van der Waals surface area (Å²) in [5.41, 5.74) is 0.338. The van der Waals surface area contributed by atoms with Crippen LogP contribution in [0.25, 0.3) is 10.8 Å². The summed E-state index contributed by atoms with van der Waals surface area (Å²) in [4.78, 5) is 20.3. The summed E-state index contributed by atoms with van der Waals surface area (Å²) in [6.45, 7) is 1.80. The number of aromatic amines is 1. The third kappa shape index (κ3) is 2.78. The molecule has 3 aromatic rings. The maximum atomic E-state index is 12.1. The lowest BCUT2D eigenvalue weighted by molar-refractivity contribution is 0.349. The first kappa shape index (κ1) is 14.8. The van der Waals surface area contributed by atoms with Crippen LogP contribution >= 0.6 is 0 Å². The van der Waals surface area contributed by atoms with Crippen LogP contribution in [0.1, 0.15) is 5.69 Å². The van der Waals surface area contributed by atoms with Crippen molar-refractivity contribution in [3.8, 4) is 23.5 Å². The first-order valence-corrected chi connectivity index (χ1v) is 6.75. The van der Waals surface area contributed by atoms with Crippen LogP contribution in [-0.4, -0.2) is 34.4 Å². The van der Waals surface area contributed by atoms with Crippen molar-refractivity contribution in [3.05, 3.63) is 40.3 Å². The van der Waals surface area contributed by atoms with E-state index < -0.39 is 0 Å². The monoisotopic (exact) mass is 314 g/mol. The van der Waals surface area contributed by atoms with Crippen molar-refractivity contribution < 1.29 is 14.2 Å². The van der Waals surface area contributed by atoms with Gasteiger partial charge in [0, 0.05) is 5.39 Å². The molecule has 0 amide bonds. The van der Waals surface area contributed by atoms with Gasteiger partial charge in [-0.15, -0.1) is 0 Å². The predicted octanol–water partition coefficient (Wildman–Crippen LogP) is 1.83. The number of hydrogen-bond donors (Lipinski definition) is 1. The summed E-state index contributed by atoms with van der Waals surface area (Å²) < 4.78 is 15.8. The molecule has 0 bridgehead atoms. The Labute approximate surface area is 131 Å². The highest BCUT2D eigenvalue weighted by Gasteiger charge is 2.13. The van der Waals surface area contributed by atoms with E-state index in [1.807, 2.05) is 0 Å². The first-order chi connectivity index (χ1) is 11.1. The van der Waals surface area contributed by atoms with Gasteiger partial charge in [0.05, 0.1) is 31.4 Å². The van der Waals surface area contributed by atoms with Crippen LogP contribution in [0, 0.1) is 6.92 Å².